The summed E-state index contributed by atoms with van der Waals surface area (Å²) in [5.74, 6) is 0. The molecule has 0 radical (unpaired) electrons. The maximum atomic E-state index is 6.02. The maximum Gasteiger partial charge on any atom is 0.0842 e. The molecule has 1 atom stereocenters. The van der Waals surface area contributed by atoms with E-state index >= 15 is 0 Å². The molecule has 0 fully saturated rings. The Kier molecular flexibility index (Phi) is 5.32. The summed E-state index contributed by atoms with van der Waals surface area (Å²) in [6.45, 7) is 2.22. The van der Waals surface area contributed by atoms with Crippen LogP contribution in [0.4, 0.5) is 0 Å². The van der Waals surface area contributed by atoms with Crippen molar-refractivity contribution in [2.24, 2.45) is 12.8 Å². The molecule has 1 aromatic heterocycles. The van der Waals surface area contributed by atoms with Crippen LogP contribution in [0.3, 0.4) is 0 Å². The molecule has 2 N–H and O–H groups in total. The summed E-state index contributed by atoms with van der Waals surface area (Å²) in [7, 11) is 1.88. The van der Waals surface area contributed by atoms with Crippen LogP contribution in [-0.4, -0.2) is 21.0 Å². The van der Waals surface area contributed by atoms with E-state index in [2.05, 4.69) is 17.2 Å². The molecule has 4 heteroatoms. The van der Waals surface area contributed by atoms with Crippen LogP contribution in [-0.2, 0) is 13.5 Å². The van der Waals surface area contributed by atoms with Gasteiger partial charge in [-0.3, -0.25) is 4.68 Å². The minimum absolute atomic E-state index is 0.235. The van der Waals surface area contributed by atoms with Gasteiger partial charge in [-0.05, 0) is 6.42 Å². The third-order valence-electron chi connectivity index (χ3n) is 2.55. The Morgan fingerprint density at radius 1 is 1.40 bits per heavy atom. The highest BCUT2D eigenvalue weighted by Gasteiger charge is 2.06. The summed E-state index contributed by atoms with van der Waals surface area (Å²) >= 11 is 0. The SMILES string of the molecule is CCCCCCC(N)Cc1cn(C)nn1. The molecule has 4 nitrogen and oxygen atoms in total. The van der Waals surface area contributed by atoms with Gasteiger partial charge in [0.1, 0.15) is 0 Å². The summed E-state index contributed by atoms with van der Waals surface area (Å²) < 4.78 is 1.72. The van der Waals surface area contributed by atoms with Gasteiger partial charge in [-0.1, -0.05) is 37.8 Å². The predicted molar refractivity (Wildman–Crippen MR) is 61.4 cm³/mol. The molecule has 86 valence electrons. The molecule has 0 spiro atoms. The lowest BCUT2D eigenvalue weighted by Crippen LogP contribution is -2.22. The molecule has 0 saturated heterocycles. The van der Waals surface area contributed by atoms with Crippen molar-refractivity contribution in [1.29, 1.82) is 0 Å². The fourth-order valence-corrected chi connectivity index (χ4v) is 1.69. The fraction of sp³-hybridized carbons (Fsp3) is 0.818. The minimum atomic E-state index is 0.235. The number of aromatic nitrogens is 3. The van der Waals surface area contributed by atoms with Gasteiger partial charge in [0.2, 0.25) is 0 Å². The molecule has 0 aliphatic heterocycles. The summed E-state index contributed by atoms with van der Waals surface area (Å²) in [5, 5.41) is 7.92. The topological polar surface area (TPSA) is 56.7 Å². The Morgan fingerprint density at radius 2 is 2.20 bits per heavy atom. The average Bonchev–Trinajstić information content (AvgIpc) is 2.59. The van der Waals surface area contributed by atoms with E-state index in [4.69, 9.17) is 5.73 Å². The number of hydrogen-bond acceptors (Lipinski definition) is 3. The number of unbranched alkanes of at least 4 members (excludes halogenated alkanes) is 3. The zero-order chi connectivity index (χ0) is 11.1. The summed E-state index contributed by atoms with van der Waals surface area (Å²) in [6, 6.07) is 0.235. The largest absolute Gasteiger partial charge is 0.327 e. The molecule has 15 heavy (non-hydrogen) atoms. The van der Waals surface area contributed by atoms with E-state index in [1.54, 1.807) is 4.68 Å². The Hall–Kier alpha value is -0.900. The van der Waals surface area contributed by atoms with Crippen molar-refractivity contribution in [1.82, 2.24) is 15.0 Å². The van der Waals surface area contributed by atoms with E-state index in [-0.39, 0.29) is 6.04 Å². The lowest BCUT2D eigenvalue weighted by atomic mass is 10.0. The first-order valence-electron chi connectivity index (χ1n) is 5.83. The number of nitrogens with zero attached hydrogens (tertiary/aromatic N) is 3. The van der Waals surface area contributed by atoms with Crippen LogP contribution in [0, 0.1) is 0 Å². The molecular formula is C11H22N4. The minimum Gasteiger partial charge on any atom is -0.327 e. The average molecular weight is 210 g/mol. The third-order valence-corrected chi connectivity index (χ3v) is 2.55. The second kappa shape index (κ2) is 6.56. The van der Waals surface area contributed by atoms with Gasteiger partial charge in [-0.25, -0.2) is 0 Å². The highest BCUT2D eigenvalue weighted by molar-refractivity contribution is 4.94. The Balaban J connectivity index is 2.15. The highest BCUT2D eigenvalue weighted by Crippen LogP contribution is 2.07. The standard InChI is InChI=1S/C11H22N4/c1-3-4-5-6-7-10(12)8-11-9-15(2)14-13-11/h9-10H,3-8,12H2,1-2H3. The predicted octanol–water partition coefficient (Wildman–Crippen LogP) is 1.66. The van der Waals surface area contributed by atoms with Gasteiger partial charge < -0.3 is 5.73 Å². The van der Waals surface area contributed by atoms with Crippen molar-refractivity contribution in [3.8, 4) is 0 Å². The van der Waals surface area contributed by atoms with Gasteiger partial charge in [-0.15, -0.1) is 5.10 Å². The molecule has 0 aliphatic carbocycles. The first kappa shape index (κ1) is 12.2. The van der Waals surface area contributed by atoms with Gasteiger partial charge in [0.05, 0.1) is 5.69 Å². The summed E-state index contributed by atoms with van der Waals surface area (Å²) in [6.07, 6.45) is 9.00. The van der Waals surface area contributed by atoms with E-state index in [0.717, 1.165) is 18.5 Å². The van der Waals surface area contributed by atoms with E-state index in [1.165, 1.54) is 25.7 Å². The van der Waals surface area contributed by atoms with Gasteiger partial charge in [-0.2, -0.15) is 0 Å². The van der Waals surface area contributed by atoms with Crippen LogP contribution in [0.5, 0.6) is 0 Å². The van der Waals surface area contributed by atoms with E-state index in [9.17, 15) is 0 Å². The van der Waals surface area contributed by atoms with Crippen molar-refractivity contribution < 1.29 is 0 Å². The van der Waals surface area contributed by atoms with Crippen molar-refractivity contribution in [3.05, 3.63) is 11.9 Å². The lowest BCUT2D eigenvalue weighted by molar-refractivity contribution is 0.542. The number of hydrogen-bond donors (Lipinski definition) is 1. The van der Waals surface area contributed by atoms with E-state index < -0.39 is 0 Å². The fourth-order valence-electron chi connectivity index (χ4n) is 1.69. The normalized spacial score (nSPS) is 13.0. The number of nitrogens with two attached hydrogens (primary N) is 1. The van der Waals surface area contributed by atoms with Crippen LogP contribution < -0.4 is 5.73 Å². The van der Waals surface area contributed by atoms with E-state index in [0.29, 0.717) is 0 Å². The Bertz CT molecular complexity index is 269. The van der Waals surface area contributed by atoms with Crippen molar-refractivity contribution >= 4 is 0 Å². The van der Waals surface area contributed by atoms with Crippen LogP contribution in [0.1, 0.15) is 44.7 Å². The van der Waals surface area contributed by atoms with Gasteiger partial charge in [0.15, 0.2) is 0 Å². The monoisotopic (exact) mass is 210 g/mol. The van der Waals surface area contributed by atoms with Crippen LogP contribution >= 0.6 is 0 Å². The second-order valence-corrected chi connectivity index (χ2v) is 4.20. The summed E-state index contributed by atoms with van der Waals surface area (Å²) in [4.78, 5) is 0. The molecule has 1 rings (SSSR count). The zero-order valence-electron chi connectivity index (χ0n) is 9.82. The van der Waals surface area contributed by atoms with Crippen LogP contribution in [0.25, 0.3) is 0 Å². The van der Waals surface area contributed by atoms with Gasteiger partial charge in [0, 0.05) is 25.7 Å². The van der Waals surface area contributed by atoms with Crippen molar-refractivity contribution in [2.75, 3.05) is 0 Å². The molecule has 0 amide bonds. The highest BCUT2D eigenvalue weighted by atomic mass is 15.4. The first-order valence-corrected chi connectivity index (χ1v) is 5.83. The lowest BCUT2D eigenvalue weighted by Gasteiger charge is -2.08. The smallest absolute Gasteiger partial charge is 0.0842 e. The molecule has 0 aliphatic rings. The molecule has 0 saturated carbocycles. The zero-order valence-corrected chi connectivity index (χ0v) is 9.82. The molecule has 1 unspecified atom stereocenters. The Labute approximate surface area is 91.9 Å². The Morgan fingerprint density at radius 3 is 2.80 bits per heavy atom. The molecular weight excluding hydrogens is 188 g/mol. The summed E-state index contributed by atoms with van der Waals surface area (Å²) in [5.41, 5.74) is 7.02. The van der Waals surface area contributed by atoms with Crippen LogP contribution in [0.15, 0.2) is 6.20 Å². The van der Waals surface area contributed by atoms with E-state index in [1.807, 2.05) is 13.2 Å². The third kappa shape index (κ3) is 4.93. The molecule has 1 aromatic rings. The molecule has 0 bridgehead atoms. The quantitative estimate of drug-likeness (QED) is 0.696. The van der Waals surface area contributed by atoms with Crippen LogP contribution in [0.2, 0.25) is 0 Å². The number of rotatable bonds is 7. The van der Waals surface area contributed by atoms with Crippen molar-refractivity contribution in [2.45, 2.75) is 51.5 Å². The molecule has 0 aromatic carbocycles. The molecule has 1 heterocycles. The second-order valence-electron chi connectivity index (χ2n) is 4.20. The van der Waals surface area contributed by atoms with Gasteiger partial charge >= 0.3 is 0 Å². The van der Waals surface area contributed by atoms with Gasteiger partial charge in [0.25, 0.3) is 0 Å². The maximum absolute atomic E-state index is 6.02. The number of aryl methyl sites for hydroxylation is 1. The van der Waals surface area contributed by atoms with Crippen molar-refractivity contribution in [3.63, 3.8) is 0 Å². The first-order chi connectivity index (χ1) is 7.22.